The van der Waals surface area contributed by atoms with Crippen LogP contribution in [-0.4, -0.2) is 11.0 Å². The Morgan fingerprint density at radius 1 is 1.25 bits per heavy atom. The van der Waals surface area contributed by atoms with Crippen molar-refractivity contribution in [3.8, 4) is 0 Å². The maximum Gasteiger partial charge on any atom is 0.283 e. The first kappa shape index (κ1) is 14.0. The van der Waals surface area contributed by atoms with Crippen molar-refractivity contribution in [1.82, 2.24) is 0 Å². The lowest BCUT2D eigenvalue weighted by atomic mass is 10.3. The number of rotatable bonds is 3. The molecule has 1 aromatic carbocycles. The summed E-state index contributed by atoms with van der Waals surface area (Å²) in [5, 5.41) is 3.62. The van der Waals surface area contributed by atoms with Gasteiger partial charge < -0.3 is 5.32 Å². The van der Waals surface area contributed by atoms with Gasteiger partial charge in [0.25, 0.3) is 5.24 Å². The molecule has 1 rings (SSSR count). The van der Waals surface area contributed by atoms with Crippen LogP contribution in [0, 0.1) is 0 Å². The highest BCUT2D eigenvalue weighted by Gasteiger charge is 2.09. The standard InChI is InChI=1S/C10H10Cl3NOS/c1-2-3-16-10(15)14-9-5-7(12)6(11)4-8(9)13/h4-5H,2-3H2,1H3,(H,14,15). The highest BCUT2D eigenvalue weighted by Crippen LogP contribution is 2.32. The fourth-order valence-corrected chi connectivity index (χ4v) is 2.12. The van der Waals surface area contributed by atoms with Crippen LogP contribution in [0.25, 0.3) is 0 Å². The summed E-state index contributed by atoms with van der Waals surface area (Å²) in [5.74, 6) is 0.769. The van der Waals surface area contributed by atoms with Gasteiger partial charge in [0.15, 0.2) is 0 Å². The van der Waals surface area contributed by atoms with Crippen molar-refractivity contribution in [3.63, 3.8) is 0 Å². The van der Waals surface area contributed by atoms with Gasteiger partial charge in [-0.2, -0.15) is 0 Å². The molecule has 0 aliphatic rings. The molecule has 0 spiro atoms. The van der Waals surface area contributed by atoms with E-state index in [-0.39, 0.29) is 5.24 Å². The van der Waals surface area contributed by atoms with Crippen molar-refractivity contribution in [1.29, 1.82) is 0 Å². The van der Waals surface area contributed by atoms with Crippen molar-refractivity contribution in [2.45, 2.75) is 13.3 Å². The third kappa shape index (κ3) is 4.06. The molecule has 0 aromatic heterocycles. The van der Waals surface area contributed by atoms with E-state index in [1.165, 1.54) is 23.9 Å². The molecule has 0 aliphatic carbocycles. The van der Waals surface area contributed by atoms with Gasteiger partial charge in [-0.05, 0) is 18.6 Å². The van der Waals surface area contributed by atoms with Crippen LogP contribution in [0.2, 0.25) is 15.1 Å². The average Bonchev–Trinajstić information content (AvgIpc) is 2.23. The number of amides is 1. The molecule has 0 unspecified atom stereocenters. The Hall–Kier alpha value is -0.0900. The Morgan fingerprint density at radius 2 is 1.88 bits per heavy atom. The molecule has 2 nitrogen and oxygen atoms in total. The summed E-state index contributed by atoms with van der Waals surface area (Å²) in [5.41, 5.74) is 0.477. The zero-order valence-electron chi connectivity index (χ0n) is 8.52. The lowest BCUT2D eigenvalue weighted by molar-refractivity contribution is 0.270. The minimum Gasteiger partial charge on any atom is -0.315 e. The second-order valence-electron chi connectivity index (χ2n) is 3.01. The van der Waals surface area contributed by atoms with E-state index in [2.05, 4.69) is 5.32 Å². The molecule has 0 radical (unpaired) electrons. The highest BCUT2D eigenvalue weighted by atomic mass is 35.5. The summed E-state index contributed by atoms with van der Waals surface area (Å²) in [6, 6.07) is 3.04. The van der Waals surface area contributed by atoms with Crippen LogP contribution in [0.3, 0.4) is 0 Å². The summed E-state index contributed by atoms with van der Waals surface area (Å²) in [7, 11) is 0. The smallest absolute Gasteiger partial charge is 0.283 e. The van der Waals surface area contributed by atoms with Gasteiger partial charge in [-0.15, -0.1) is 0 Å². The Morgan fingerprint density at radius 3 is 2.50 bits per heavy atom. The number of anilines is 1. The summed E-state index contributed by atoms with van der Waals surface area (Å²) in [4.78, 5) is 11.4. The number of benzene rings is 1. The Balaban J connectivity index is 2.73. The van der Waals surface area contributed by atoms with Crippen LogP contribution in [0.1, 0.15) is 13.3 Å². The number of hydrogen-bond acceptors (Lipinski definition) is 2. The molecule has 1 N–H and O–H groups in total. The third-order valence-electron chi connectivity index (χ3n) is 1.68. The number of carbonyl (C=O) groups excluding carboxylic acids is 1. The van der Waals surface area contributed by atoms with Gasteiger partial charge in [0.2, 0.25) is 0 Å². The molecule has 16 heavy (non-hydrogen) atoms. The molecule has 0 heterocycles. The van der Waals surface area contributed by atoms with Crippen LogP contribution < -0.4 is 5.32 Å². The minimum absolute atomic E-state index is 0.151. The van der Waals surface area contributed by atoms with E-state index in [1.54, 1.807) is 0 Å². The van der Waals surface area contributed by atoms with E-state index in [0.717, 1.165) is 12.2 Å². The van der Waals surface area contributed by atoms with Crippen LogP contribution in [0.4, 0.5) is 10.5 Å². The predicted octanol–water partition coefficient (Wildman–Crippen LogP) is 5.32. The lowest BCUT2D eigenvalue weighted by Gasteiger charge is -2.07. The molecule has 0 atom stereocenters. The Bertz CT molecular complexity index is 398. The number of halogens is 3. The van der Waals surface area contributed by atoms with Crippen molar-refractivity contribution >= 4 is 57.5 Å². The molecule has 0 fully saturated rings. The van der Waals surface area contributed by atoms with Gasteiger partial charge >= 0.3 is 0 Å². The van der Waals surface area contributed by atoms with Crippen LogP contribution in [0.5, 0.6) is 0 Å². The molecule has 0 bridgehead atoms. The van der Waals surface area contributed by atoms with Gasteiger partial charge in [0.1, 0.15) is 0 Å². The number of thioether (sulfide) groups is 1. The van der Waals surface area contributed by atoms with E-state index >= 15 is 0 Å². The monoisotopic (exact) mass is 297 g/mol. The molecular formula is C10H10Cl3NOS. The summed E-state index contributed by atoms with van der Waals surface area (Å²) in [6.45, 7) is 2.01. The van der Waals surface area contributed by atoms with Gasteiger partial charge in [-0.3, -0.25) is 4.79 Å². The zero-order valence-corrected chi connectivity index (χ0v) is 11.6. The molecule has 1 amide bonds. The fraction of sp³-hybridized carbons (Fsp3) is 0.300. The molecule has 0 saturated heterocycles. The van der Waals surface area contributed by atoms with E-state index < -0.39 is 0 Å². The normalized spacial score (nSPS) is 10.2. The average molecular weight is 299 g/mol. The number of nitrogens with one attached hydrogen (secondary N) is 1. The molecule has 6 heteroatoms. The van der Waals surface area contributed by atoms with Crippen molar-refractivity contribution in [2.24, 2.45) is 0 Å². The molecule has 0 aliphatic heterocycles. The lowest BCUT2D eigenvalue weighted by Crippen LogP contribution is -2.06. The van der Waals surface area contributed by atoms with Crippen molar-refractivity contribution < 1.29 is 4.79 Å². The largest absolute Gasteiger partial charge is 0.315 e. The minimum atomic E-state index is -0.151. The van der Waals surface area contributed by atoms with Crippen LogP contribution >= 0.6 is 46.6 Å². The summed E-state index contributed by atoms with van der Waals surface area (Å²) >= 11 is 18.7. The van der Waals surface area contributed by atoms with Gasteiger partial charge in [0.05, 0.1) is 20.8 Å². The zero-order chi connectivity index (χ0) is 12.1. The van der Waals surface area contributed by atoms with Crippen molar-refractivity contribution in [2.75, 3.05) is 11.1 Å². The second kappa shape index (κ2) is 6.60. The maximum atomic E-state index is 11.4. The first-order valence-electron chi connectivity index (χ1n) is 4.63. The molecular weight excluding hydrogens is 289 g/mol. The molecule has 88 valence electrons. The summed E-state index contributed by atoms with van der Waals surface area (Å²) < 4.78 is 0. The Labute approximate surface area is 114 Å². The molecule has 0 saturated carbocycles. The van der Waals surface area contributed by atoms with E-state index in [4.69, 9.17) is 34.8 Å². The van der Waals surface area contributed by atoms with Gasteiger partial charge in [0, 0.05) is 5.75 Å². The van der Waals surface area contributed by atoms with Crippen LogP contribution in [0.15, 0.2) is 12.1 Å². The van der Waals surface area contributed by atoms with E-state index in [1.807, 2.05) is 6.92 Å². The maximum absolute atomic E-state index is 11.4. The predicted molar refractivity (Wildman–Crippen MR) is 73.2 cm³/mol. The first-order chi connectivity index (χ1) is 7.54. The third-order valence-corrected chi connectivity index (χ3v) is 3.70. The Kier molecular flexibility index (Phi) is 5.76. The van der Waals surface area contributed by atoms with E-state index in [0.29, 0.717) is 20.8 Å². The van der Waals surface area contributed by atoms with Gasteiger partial charge in [-0.1, -0.05) is 53.5 Å². The topological polar surface area (TPSA) is 29.1 Å². The number of carbonyl (C=O) groups is 1. The quantitative estimate of drug-likeness (QED) is 0.765. The second-order valence-corrected chi connectivity index (χ2v) is 5.30. The first-order valence-corrected chi connectivity index (χ1v) is 6.75. The summed E-state index contributed by atoms with van der Waals surface area (Å²) in [6.07, 6.45) is 0.938. The van der Waals surface area contributed by atoms with Crippen LogP contribution in [-0.2, 0) is 0 Å². The number of hydrogen-bond donors (Lipinski definition) is 1. The fourth-order valence-electron chi connectivity index (χ4n) is 0.959. The van der Waals surface area contributed by atoms with Crippen molar-refractivity contribution in [3.05, 3.63) is 27.2 Å². The van der Waals surface area contributed by atoms with E-state index in [9.17, 15) is 4.79 Å². The molecule has 1 aromatic rings. The van der Waals surface area contributed by atoms with Gasteiger partial charge in [-0.25, -0.2) is 0 Å². The SMILES string of the molecule is CCCSC(=O)Nc1cc(Cl)c(Cl)cc1Cl. The highest BCUT2D eigenvalue weighted by molar-refractivity contribution is 8.13.